The number of carbonyl (C=O) groups is 1. The van der Waals surface area contributed by atoms with E-state index in [1.165, 1.54) is 18.4 Å². The van der Waals surface area contributed by atoms with Crippen LogP contribution in [0.4, 0.5) is 5.69 Å². The van der Waals surface area contributed by atoms with Gasteiger partial charge in [-0.15, -0.1) is 22.7 Å². The molecule has 0 aliphatic carbocycles. The van der Waals surface area contributed by atoms with E-state index in [1.54, 1.807) is 53.4 Å². The number of anilines is 1. The number of H-pyrrole nitrogens is 4. The van der Waals surface area contributed by atoms with Gasteiger partial charge in [0, 0.05) is 91.4 Å². The Balaban J connectivity index is 0.842. The van der Waals surface area contributed by atoms with Crippen LogP contribution in [0.1, 0.15) is 28.8 Å². The number of hydrogen-bond donors (Lipinski definition) is 5. The lowest BCUT2D eigenvalue weighted by molar-refractivity contribution is 0.102. The number of aromatic nitrogens is 12. The van der Waals surface area contributed by atoms with Crippen LogP contribution in [-0.4, -0.2) is 84.2 Å². The Morgan fingerprint density at radius 3 is 2.07 bits per heavy atom. The zero-order valence-corrected chi connectivity index (χ0v) is 40.4. The molecular formula is C56H40N14OS2. The van der Waals surface area contributed by atoms with Crippen molar-refractivity contribution in [1.82, 2.24) is 65.2 Å². The topological polar surface area (TPSA) is 199 Å². The lowest BCUT2D eigenvalue weighted by Crippen LogP contribution is -2.18. The molecule has 0 unspecified atom stereocenters. The van der Waals surface area contributed by atoms with Crippen molar-refractivity contribution in [2.45, 2.75) is 19.4 Å². The maximum absolute atomic E-state index is 13.3. The number of carbonyl (C=O) groups excluding carboxylic acids is 1. The van der Waals surface area contributed by atoms with Crippen molar-refractivity contribution in [3.63, 3.8) is 0 Å². The summed E-state index contributed by atoms with van der Waals surface area (Å²) in [6, 6.07) is 30.2. The molecule has 15 nitrogen and oxygen atoms in total. The highest BCUT2D eigenvalue weighted by atomic mass is 32.1. The number of amides is 1. The second kappa shape index (κ2) is 17.7. The van der Waals surface area contributed by atoms with Gasteiger partial charge >= 0.3 is 0 Å². The van der Waals surface area contributed by atoms with Gasteiger partial charge in [-0.05, 0) is 120 Å². The highest BCUT2D eigenvalue weighted by Gasteiger charge is 2.23. The molecule has 0 atom stereocenters. The van der Waals surface area contributed by atoms with Crippen molar-refractivity contribution in [2.24, 2.45) is 0 Å². The normalized spacial score (nSPS) is 13.0. The average Bonchev–Trinajstić information content (AvgIpc) is 4.29. The number of benzene rings is 3. The Morgan fingerprint density at radius 1 is 0.575 bits per heavy atom. The molecular weight excluding hydrogens is 949 g/mol. The first-order valence-corrected chi connectivity index (χ1v) is 25.6. The van der Waals surface area contributed by atoms with Gasteiger partial charge in [-0.1, -0.05) is 30.3 Å². The second-order valence-corrected chi connectivity index (χ2v) is 20.1. The number of aromatic amines is 4. The fourth-order valence-corrected chi connectivity index (χ4v) is 11.6. The SMILES string of the molecule is O=C(Nc1cncc(-c2cc(-c3csc(-c4cncc5[nH]c(-c6n[nH]c7ccc(-c8cncc(CN9CCCC9)c8)cc67)nc45)c3)c3[nH]nc(-c4nc5c(-c6cccs6)cncc5[nH]4)c3c2)c1)c1ccccc1. The van der Waals surface area contributed by atoms with E-state index in [0.717, 1.165) is 123 Å². The van der Waals surface area contributed by atoms with E-state index >= 15 is 0 Å². The third-order valence-corrected chi connectivity index (χ3v) is 15.4. The Bertz CT molecular complexity index is 4220. The third-order valence-electron chi connectivity index (χ3n) is 13.5. The minimum absolute atomic E-state index is 0.220. The molecule has 0 spiro atoms. The number of thiophene rings is 2. The van der Waals surface area contributed by atoms with Crippen molar-refractivity contribution in [3.05, 3.63) is 162 Å². The van der Waals surface area contributed by atoms with Crippen LogP contribution in [0.3, 0.4) is 0 Å². The summed E-state index contributed by atoms with van der Waals surface area (Å²) in [6.07, 6.45) is 17.2. The van der Waals surface area contributed by atoms with E-state index in [1.807, 2.05) is 66.7 Å². The first kappa shape index (κ1) is 42.8. The minimum Gasteiger partial charge on any atom is -0.335 e. The number of likely N-dealkylation sites (tertiary alicyclic amines) is 1. The first-order valence-electron chi connectivity index (χ1n) is 23.8. The van der Waals surface area contributed by atoms with Gasteiger partial charge in [-0.2, -0.15) is 10.2 Å². The maximum Gasteiger partial charge on any atom is 0.255 e. The number of fused-ring (bicyclic) bond motifs is 4. The number of nitrogens with one attached hydrogen (secondary N) is 5. The summed E-state index contributed by atoms with van der Waals surface area (Å²) >= 11 is 3.26. The van der Waals surface area contributed by atoms with Gasteiger partial charge in [0.2, 0.25) is 0 Å². The molecule has 352 valence electrons. The summed E-state index contributed by atoms with van der Waals surface area (Å²) in [4.78, 5) is 53.6. The van der Waals surface area contributed by atoms with Gasteiger partial charge in [-0.25, -0.2) is 9.97 Å². The van der Waals surface area contributed by atoms with Crippen LogP contribution in [-0.2, 0) is 6.54 Å². The molecule has 17 heteroatoms. The molecule has 14 rings (SSSR count). The average molecular weight is 989 g/mol. The lowest BCUT2D eigenvalue weighted by Gasteiger charge is -2.14. The standard InChI is InChI=1S/C56H40N14OS2/c71-56(32-7-2-1-3-8-32)61-38-16-36(23-58-24-38)34-18-39(49-41(19-34)53(69-67-49)55-63-45-27-59-25-42(50(45)64-55)47-9-6-14-72-47)37-20-48(73-30-37)43-26-60-28-46-51(43)65-54(62-46)52-40-17-33(10-11-44(40)66-68-52)35-15-31(21-57-22-35)29-70-12-4-5-13-70/h1-3,6-11,14-28,30H,4-5,12-13,29H2,(H,61,71)(H,62,65)(H,63,64)(H,66,68)(H,67,69). The molecule has 1 amide bonds. The molecule has 0 saturated carbocycles. The zero-order valence-electron chi connectivity index (χ0n) is 38.7. The summed E-state index contributed by atoms with van der Waals surface area (Å²) < 4.78 is 0. The Hall–Kier alpha value is -9.03. The van der Waals surface area contributed by atoms with Crippen LogP contribution >= 0.6 is 22.7 Å². The van der Waals surface area contributed by atoms with E-state index < -0.39 is 0 Å². The minimum atomic E-state index is -0.220. The van der Waals surface area contributed by atoms with Crippen LogP contribution in [0.5, 0.6) is 0 Å². The van der Waals surface area contributed by atoms with Gasteiger partial charge < -0.3 is 15.3 Å². The molecule has 1 fully saturated rings. The van der Waals surface area contributed by atoms with Crippen LogP contribution < -0.4 is 5.32 Å². The molecule has 10 aromatic heterocycles. The van der Waals surface area contributed by atoms with Gasteiger partial charge in [0.05, 0.1) is 46.3 Å². The van der Waals surface area contributed by atoms with E-state index in [9.17, 15) is 4.79 Å². The number of hydrogen-bond acceptors (Lipinski definition) is 12. The van der Waals surface area contributed by atoms with Crippen LogP contribution in [0.2, 0.25) is 0 Å². The van der Waals surface area contributed by atoms with E-state index in [4.69, 9.17) is 20.2 Å². The summed E-state index contributed by atoms with van der Waals surface area (Å²) in [5.41, 5.74) is 16.2. The number of pyridine rings is 4. The van der Waals surface area contributed by atoms with E-state index in [0.29, 0.717) is 28.6 Å². The Kier molecular flexibility index (Phi) is 10.4. The lowest BCUT2D eigenvalue weighted by atomic mass is 9.97. The summed E-state index contributed by atoms with van der Waals surface area (Å²) in [5.74, 6) is 1.03. The fraction of sp³-hybridized carbons (Fsp3) is 0.0893. The van der Waals surface area contributed by atoms with E-state index in [-0.39, 0.29) is 5.91 Å². The molecule has 3 aromatic carbocycles. The molecule has 1 aliphatic rings. The number of nitrogens with zero attached hydrogens (tertiary/aromatic N) is 9. The summed E-state index contributed by atoms with van der Waals surface area (Å²) in [7, 11) is 0. The first-order chi connectivity index (χ1) is 36.0. The van der Waals surface area contributed by atoms with Gasteiger partial charge in [0.25, 0.3) is 5.91 Å². The van der Waals surface area contributed by atoms with Crippen molar-refractivity contribution in [1.29, 1.82) is 0 Å². The smallest absolute Gasteiger partial charge is 0.255 e. The molecule has 73 heavy (non-hydrogen) atoms. The highest BCUT2D eigenvalue weighted by molar-refractivity contribution is 7.14. The van der Waals surface area contributed by atoms with E-state index in [2.05, 4.69) is 104 Å². The molecule has 1 saturated heterocycles. The molecule has 0 radical (unpaired) electrons. The molecule has 11 heterocycles. The van der Waals surface area contributed by atoms with Crippen molar-refractivity contribution < 1.29 is 4.79 Å². The van der Waals surface area contributed by atoms with Crippen molar-refractivity contribution in [3.8, 4) is 77.3 Å². The van der Waals surface area contributed by atoms with Crippen LogP contribution in [0, 0.1) is 0 Å². The van der Waals surface area contributed by atoms with Crippen LogP contribution in [0.15, 0.2) is 151 Å². The maximum atomic E-state index is 13.3. The van der Waals surface area contributed by atoms with Crippen molar-refractivity contribution >= 4 is 78.1 Å². The Labute approximate surface area is 423 Å². The Morgan fingerprint density at radius 2 is 1.29 bits per heavy atom. The number of imidazole rings is 2. The van der Waals surface area contributed by atoms with Crippen molar-refractivity contribution in [2.75, 3.05) is 18.4 Å². The highest BCUT2D eigenvalue weighted by Crippen LogP contribution is 2.43. The zero-order chi connectivity index (χ0) is 48.4. The predicted molar refractivity (Wildman–Crippen MR) is 289 cm³/mol. The van der Waals surface area contributed by atoms with Gasteiger partial charge in [-0.3, -0.25) is 39.8 Å². The molecule has 13 aromatic rings. The largest absolute Gasteiger partial charge is 0.335 e. The molecule has 5 N–H and O–H groups in total. The fourth-order valence-electron chi connectivity index (χ4n) is 9.96. The monoisotopic (exact) mass is 988 g/mol. The third kappa shape index (κ3) is 7.82. The predicted octanol–water partition coefficient (Wildman–Crippen LogP) is 12.4. The van der Waals surface area contributed by atoms with Crippen LogP contribution in [0.25, 0.3) is 121 Å². The summed E-state index contributed by atoms with van der Waals surface area (Å²) in [5, 5.41) is 25.3. The van der Waals surface area contributed by atoms with Gasteiger partial charge in [0.1, 0.15) is 22.4 Å². The number of rotatable bonds is 11. The molecule has 0 bridgehead atoms. The quantitative estimate of drug-likeness (QED) is 0.0831. The second-order valence-electron chi connectivity index (χ2n) is 18.2. The van der Waals surface area contributed by atoms with Gasteiger partial charge in [0.15, 0.2) is 11.6 Å². The summed E-state index contributed by atoms with van der Waals surface area (Å²) in [6.45, 7) is 3.18. The molecule has 1 aliphatic heterocycles.